The van der Waals surface area contributed by atoms with Crippen LogP contribution in [0, 0.1) is 5.92 Å². The molecule has 1 rings (SSSR count). The summed E-state index contributed by atoms with van der Waals surface area (Å²) in [6.45, 7) is 4.54. The molecule has 9 heavy (non-hydrogen) atoms. The van der Waals surface area contributed by atoms with Crippen molar-refractivity contribution in [2.45, 2.75) is 32.4 Å². The van der Waals surface area contributed by atoms with Gasteiger partial charge in [-0.1, -0.05) is 6.92 Å². The zero-order valence-corrected chi connectivity index (χ0v) is 6.99. The van der Waals surface area contributed by atoms with E-state index < -0.39 is 0 Å². The highest BCUT2D eigenvalue weighted by atomic mass is 32.1. The van der Waals surface area contributed by atoms with Crippen LogP contribution in [0.15, 0.2) is 0 Å². The molecule has 1 aliphatic rings. The minimum absolute atomic E-state index is 0.665. The largest absolute Gasteiger partial charge is 0.310 e. The third-order valence-electron chi connectivity index (χ3n) is 2.23. The van der Waals surface area contributed by atoms with Crippen molar-refractivity contribution in [1.29, 1.82) is 0 Å². The standard InChI is InChI=1S/C7H15NS/c1-5-3-7(4-9)8-6(5)2/h5-9H,3-4H2,1-2H3. The third-order valence-corrected chi connectivity index (χ3v) is 2.67. The van der Waals surface area contributed by atoms with Crippen LogP contribution in [-0.2, 0) is 0 Å². The number of hydrogen-bond donors (Lipinski definition) is 2. The van der Waals surface area contributed by atoms with Gasteiger partial charge in [-0.3, -0.25) is 0 Å². The Labute approximate surface area is 62.6 Å². The summed E-state index contributed by atoms with van der Waals surface area (Å²) in [5.74, 6) is 1.82. The van der Waals surface area contributed by atoms with E-state index in [0.717, 1.165) is 11.7 Å². The molecule has 0 aliphatic carbocycles. The third kappa shape index (κ3) is 1.62. The molecular formula is C7H15NS. The van der Waals surface area contributed by atoms with Crippen LogP contribution in [0.5, 0.6) is 0 Å². The van der Waals surface area contributed by atoms with Gasteiger partial charge in [0, 0.05) is 17.8 Å². The van der Waals surface area contributed by atoms with Crippen LogP contribution in [0.2, 0.25) is 0 Å². The van der Waals surface area contributed by atoms with Gasteiger partial charge in [0.2, 0.25) is 0 Å². The van der Waals surface area contributed by atoms with E-state index in [1.165, 1.54) is 6.42 Å². The maximum atomic E-state index is 4.23. The monoisotopic (exact) mass is 145 g/mol. The van der Waals surface area contributed by atoms with Gasteiger partial charge in [-0.05, 0) is 19.3 Å². The molecule has 0 aromatic carbocycles. The Morgan fingerprint density at radius 2 is 2.22 bits per heavy atom. The van der Waals surface area contributed by atoms with Crippen molar-refractivity contribution in [2.75, 3.05) is 5.75 Å². The van der Waals surface area contributed by atoms with E-state index in [9.17, 15) is 0 Å². The van der Waals surface area contributed by atoms with Crippen molar-refractivity contribution in [3.63, 3.8) is 0 Å². The van der Waals surface area contributed by atoms with Crippen molar-refractivity contribution in [1.82, 2.24) is 5.32 Å². The second-order valence-electron chi connectivity index (χ2n) is 3.05. The minimum atomic E-state index is 0.665. The zero-order valence-electron chi connectivity index (χ0n) is 6.09. The van der Waals surface area contributed by atoms with Crippen LogP contribution in [-0.4, -0.2) is 17.8 Å². The van der Waals surface area contributed by atoms with E-state index in [1.807, 2.05) is 0 Å². The molecule has 2 heteroatoms. The molecule has 1 saturated heterocycles. The first-order valence-corrected chi connectivity index (χ1v) is 4.24. The highest BCUT2D eigenvalue weighted by Gasteiger charge is 2.25. The van der Waals surface area contributed by atoms with Crippen LogP contribution < -0.4 is 5.32 Å². The summed E-state index contributed by atoms with van der Waals surface area (Å²) in [6.07, 6.45) is 1.30. The summed E-state index contributed by atoms with van der Waals surface area (Å²) in [7, 11) is 0. The summed E-state index contributed by atoms with van der Waals surface area (Å²) >= 11 is 4.23. The summed E-state index contributed by atoms with van der Waals surface area (Å²) in [5, 5.41) is 3.48. The number of thiol groups is 1. The Morgan fingerprint density at radius 3 is 2.44 bits per heavy atom. The van der Waals surface area contributed by atoms with Crippen LogP contribution >= 0.6 is 12.6 Å². The smallest absolute Gasteiger partial charge is 0.0161 e. The molecule has 0 aromatic rings. The van der Waals surface area contributed by atoms with E-state index in [-0.39, 0.29) is 0 Å². The maximum Gasteiger partial charge on any atom is 0.0161 e. The van der Waals surface area contributed by atoms with Gasteiger partial charge in [-0.2, -0.15) is 12.6 Å². The van der Waals surface area contributed by atoms with Gasteiger partial charge in [0.15, 0.2) is 0 Å². The lowest BCUT2D eigenvalue weighted by Crippen LogP contribution is -2.29. The molecule has 1 fully saturated rings. The van der Waals surface area contributed by atoms with Gasteiger partial charge in [0.25, 0.3) is 0 Å². The Hall–Kier alpha value is 0.310. The highest BCUT2D eigenvalue weighted by Crippen LogP contribution is 2.19. The van der Waals surface area contributed by atoms with Crippen molar-refractivity contribution < 1.29 is 0 Å². The molecule has 3 unspecified atom stereocenters. The van der Waals surface area contributed by atoms with E-state index in [2.05, 4.69) is 31.8 Å². The van der Waals surface area contributed by atoms with E-state index in [4.69, 9.17) is 0 Å². The van der Waals surface area contributed by atoms with Crippen LogP contribution in [0.4, 0.5) is 0 Å². The summed E-state index contributed by atoms with van der Waals surface area (Å²) in [4.78, 5) is 0. The van der Waals surface area contributed by atoms with Crippen LogP contribution in [0.3, 0.4) is 0 Å². The Balaban J connectivity index is 2.35. The number of hydrogen-bond acceptors (Lipinski definition) is 2. The summed E-state index contributed by atoms with van der Waals surface area (Å²) in [6, 6.07) is 1.36. The van der Waals surface area contributed by atoms with E-state index in [1.54, 1.807) is 0 Å². The lowest BCUT2D eigenvalue weighted by molar-refractivity contribution is 0.518. The SMILES string of the molecule is CC1CC(CS)NC1C. The second-order valence-corrected chi connectivity index (χ2v) is 3.41. The molecule has 1 aliphatic heterocycles. The second kappa shape index (κ2) is 2.93. The molecule has 54 valence electrons. The average Bonchev–Trinajstić information content (AvgIpc) is 2.13. The van der Waals surface area contributed by atoms with Crippen molar-refractivity contribution >= 4 is 12.6 Å². The molecule has 1 nitrogen and oxygen atoms in total. The Morgan fingerprint density at radius 1 is 1.56 bits per heavy atom. The fraction of sp³-hybridized carbons (Fsp3) is 1.00. The van der Waals surface area contributed by atoms with Crippen molar-refractivity contribution in [2.24, 2.45) is 5.92 Å². The van der Waals surface area contributed by atoms with Gasteiger partial charge >= 0.3 is 0 Å². The molecule has 0 bridgehead atoms. The molecule has 0 amide bonds. The predicted molar refractivity (Wildman–Crippen MR) is 44.0 cm³/mol. The van der Waals surface area contributed by atoms with Gasteiger partial charge < -0.3 is 5.32 Å². The minimum Gasteiger partial charge on any atom is -0.310 e. The first kappa shape index (κ1) is 7.42. The van der Waals surface area contributed by atoms with Gasteiger partial charge in [-0.15, -0.1) is 0 Å². The van der Waals surface area contributed by atoms with Gasteiger partial charge in [-0.25, -0.2) is 0 Å². The fourth-order valence-electron chi connectivity index (χ4n) is 1.38. The average molecular weight is 145 g/mol. The van der Waals surface area contributed by atoms with Gasteiger partial charge in [0.05, 0.1) is 0 Å². The normalized spacial score (nSPS) is 43.7. The number of nitrogens with one attached hydrogen (secondary N) is 1. The van der Waals surface area contributed by atoms with Gasteiger partial charge in [0.1, 0.15) is 0 Å². The maximum absolute atomic E-state index is 4.23. The first-order valence-electron chi connectivity index (χ1n) is 3.61. The van der Waals surface area contributed by atoms with Crippen molar-refractivity contribution in [3.8, 4) is 0 Å². The number of rotatable bonds is 1. The predicted octanol–water partition coefficient (Wildman–Crippen LogP) is 1.30. The lowest BCUT2D eigenvalue weighted by Gasteiger charge is -2.07. The van der Waals surface area contributed by atoms with Crippen LogP contribution in [0.1, 0.15) is 20.3 Å². The molecule has 0 aromatic heterocycles. The zero-order chi connectivity index (χ0) is 6.85. The summed E-state index contributed by atoms with van der Waals surface area (Å²) < 4.78 is 0. The molecule has 3 atom stereocenters. The molecular weight excluding hydrogens is 130 g/mol. The van der Waals surface area contributed by atoms with Crippen LogP contribution in [0.25, 0.3) is 0 Å². The first-order chi connectivity index (χ1) is 4.24. The molecule has 0 saturated carbocycles. The van der Waals surface area contributed by atoms with E-state index in [0.29, 0.717) is 12.1 Å². The fourth-order valence-corrected chi connectivity index (χ4v) is 1.64. The summed E-state index contributed by atoms with van der Waals surface area (Å²) in [5.41, 5.74) is 0. The molecule has 1 N–H and O–H groups in total. The molecule has 0 spiro atoms. The quantitative estimate of drug-likeness (QED) is 0.530. The van der Waals surface area contributed by atoms with Crippen molar-refractivity contribution in [3.05, 3.63) is 0 Å². The van der Waals surface area contributed by atoms with E-state index >= 15 is 0 Å². The Bertz CT molecular complexity index is 84.9. The molecule has 1 heterocycles. The lowest BCUT2D eigenvalue weighted by atomic mass is 10.0. The molecule has 0 radical (unpaired) electrons. The highest BCUT2D eigenvalue weighted by molar-refractivity contribution is 7.80. The topological polar surface area (TPSA) is 12.0 Å². The Kier molecular flexibility index (Phi) is 2.42.